The number of carbonyl (C=O) groups is 1. The lowest BCUT2D eigenvalue weighted by Gasteiger charge is -2.28. The molecule has 1 aliphatic rings. The molecule has 2 amide bonds. The first-order valence-electron chi connectivity index (χ1n) is 14.9. The largest absolute Gasteiger partial charge is 0.335 e. The van der Waals surface area contributed by atoms with E-state index < -0.39 is 0 Å². The Labute approximate surface area is 254 Å². The van der Waals surface area contributed by atoms with Gasteiger partial charge in [-0.15, -0.1) is 0 Å². The average Bonchev–Trinajstić information content (AvgIpc) is 3.47. The van der Waals surface area contributed by atoms with E-state index in [2.05, 4.69) is 41.1 Å². The first kappa shape index (κ1) is 29.4. The van der Waals surface area contributed by atoms with Crippen LogP contribution >= 0.6 is 11.6 Å². The molecule has 1 heterocycles. The highest BCUT2D eigenvalue weighted by Crippen LogP contribution is 2.35. The monoisotopic (exact) mass is 579 g/mol. The summed E-state index contributed by atoms with van der Waals surface area (Å²) in [6, 6.07) is 22.3. The van der Waals surface area contributed by atoms with Gasteiger partial charge in [-0.3, -0.25) is 4.90 Å². The van der Waals surface area contributed by atoms with Crippen molar-refractivity contribution in [2.24, 2.45) is 0 Å². The highest BCUT2D eigenvalue weighted by molar-refractivity contribution is 6.30. The van der Waals surface area contributed by atoms with Crippen molar-refractivity contribution in [2.45, 2.75) is 70.9 Å². The quantitative estimate of drug-likeness (QED) is 0.216. The maximum absolute atomic E-state index is 13.4. The fourth-order valence-electron chi connectivity index (χ4n) is 5.84. The number of aromatic nitrogens is 2. The van der Waals surface area contributed by atoms with Crippen LogP contribution < -0.4 is 10.2 Å². The van der Waals surface area contributed by atoms with Crippen LogP contribution in [0.15, 0.2) is 73.1 Å². The van der Waals surface area contributed by atoms with Crippen molar-refractivity contribution in [3.8, 4) is 28.6 Å². The topological polar surface area (TPSA) is 74.0 Å². The zero-order chi connectivity index (χ0) is 29.5. The van der Waals surface area contributed by atoms with E-state index in [0.29, 0.717) is 17.1 Å². The molecule has 4 aromatic rings. The van der Waals surface area contributed by atoms with E-state index in [9.17, 15) is 10.1 Å². The minimum atomic E-state index is -0.0663. The third kappa shape index (κ3) is 6.69. The number of benzene rings is 3. The fourth-order valence-corrected chi connectivity index (χ4v) is 6.01. The van der Waals surface area contributed by atoms with Crippen LogP contribution in [-0.4, -0.2) is 28.7 Å². The Bertz CT molecular complexity index is 1560. The van der Waals surface area contributed by atoms with Gasteiger partial charge in [-0.05, 0) is 66.1 Å². The van der Waals surface area contributed by atoms with E-state index in [1.807, 2.05) is 55.8 Å². The molecule has 3 aromatic carbocycles. The minimum Gasteiger partial charge on any atom is -0.335 e. The smallest absolute Gasteiger partial charge is 0.321 e. The van der Waals surface area contributed by atoms with Gasteiger partial charge in [0, 0.05) is 42.6 Å². The summed E-state index contributed by atoms with van der Waals surface area (Å²) in [5.41, 5.74) is 6.57. The Hall–Kier alpha value is -4.08. The zero-order valence-electron chi connectivity index (χ0n) is 24.4. The van der Waals surface area contributed by atoms with Crippen molar-refractivity contribution in [3.05, 3.63) is 94.8 Å². The van der Waals surface area contributed by atoms with Crippen LogP contribution in [0.4, 0.5) is 10.5 Å². The van der Waals surface area contributed by atoms with Gasteiger partial charge >= 0.3 is 6.03 Å². The normalized spacial score (nSPS) is 13.5. The Morgan fingerprint density at radius 2 is 1.90 bits per heavy atom. The van der Waals surface area contributed by atoms with Crippen molar-refractivity contribution in [2.75, 3.05) is 11.9 Å². The molecular weight excluding hydrogens is 542 g/mol. The third-order valence-electron chi connectivity index (χ3n) is 8.19. The molecule has 42 heavy (non-hydrogen) atoms. The number of imidazole rings is 1. The molecule has 0 unspecified atom stereocenters. The lowest BCUT2D eigenvalue weighted by Crippen LogP contribution is -2.44. The van der Waals surface area contributed by atoms with Crippen molar-refractivity contribution >= 4 is 23.3 Å². The van der Waals surface area contributed by atoms with E-state index in [1.54, 1.807) is 11.0 Å². The summed E-state index contributed by atoms with van der Waals surface area (Å²) in [5, 5.41) is 13.4. The van der Waals surface area contributed by atoms with E-state index in [1.165, 1.54) is 24.8 Å². The van der Waals surface area contributed by atoms with Gasteiger partial charge in [0.15, 0.2) is 0 Å². The Balaban J connectivity index is 1.44. The minimum absolute atomic E-state index is 0.0663. The number of nitrogens with zero attached hydrogens (tertiary/aromatic N) is 4. The van der Waals surface area contributed by atoms with Crippen molar-refractivity contribution in [1.29, 1.82) is 5.26 Å². The van der Waals surface area contributed by atoms with Crippen molar-refractivity contribution < 1.29 is 4.79 Å². The zero-order valence-corrected chi connectivity index (χ0v) is 25.2. The summed E-state index contributed by atoms with van der Waals surface area (Å²) in [4.78, 5) is 20.0. The first-order valence-corrected chi connectivity index (χ1v) is 15.3. The number of amides is 2. The van der Waals surface area contributed by atoms with Crippen LogP contribution in [-0.2, 0) is 13.0 Å². The molecule has 0 saturated heterocycles. The molecule has 1 N–H and O–H groups in total. The number of urea groups is 1. The molecule has 1 saturated carbocycles. The van der Waals surface area contributed by atoms with Crippen LogP contribution in [0.25, 0.3) is 22.5 Å². The molecule has 0 atom stereocenters. The van der Waals surface area contributed by atoms with Gasteiger partial charge in [-0.2, -0.15) is 5.26 Å². The van der Waals surface area contributed by atoms with E-state index in [4.69, 9.17) is 16.6 Å². The lowest BCUT2D eigenvalue weighted by atomic mass is 9.95. The van der Waals surface area contributed by atoms with Crippen LogP contribution in [0.5, 0.6) is 0 Å². The van der Waals surface area contributed by atoms with Crippen LogP contribution in [0.2, 0.25) is 5.02 Å². The van der Waals surface area contributed by atoms with Crippen LogP contribution in [0, 0.1) is 11.3 Å². The Morgan fingerprint density at radius 1 is 1.12 bits per heavy atom. The third-order valence-corrected chi connectivity index (χ3v) is 8.42. The maximum atomic E-state index is 13.4. The molecular formula is C35H38ClN5O. The van der Waals surface area contributed by atoms with E-state index in [0.717, 1.165) is 65.9 Å². The number of halogens is 1. The SMILES string of the molecule is CCCCc1cccc(N(C)C(=O)NC2CCCCC2)c1-c1nccn1Cc1ccc(-c2ccc(Cl)cc2C#N)cc1. The summed E-state index contributed by atoms with van der Waals surface area (Å²) >= 11 is 6.10. The second kappa shape index (κ2) is 13.7. The number of hydrogen-bond acceptors (Lipinski definition) is 3. The number of carbonyl (C=O) groups excluding carboxylic acids is 1. The Morgan fingerprint density at radius 3 is 2.64 bits per heavy atom. The molecule has 5 rings (SSSR count). The molecule has 0 spiro atoms. The Kier molecular flexibility index (Phi) is 9.61. The van der Waals surface area contributed by atoms with Crippen molar-refractivity contribution in [3.63, 3.8) is 0 Å². The summed E-state index contributed by atoms with van der Waals surface area (Å²) < 4.78 is 2.15. The standard InChI is InChI=1S/C35H38ClN5O/c1-3-4-9-27-10-8-13-32(40(2)35(42)39-30-11-6-5-7-12-30)33(27)34-38-20-21-41(34)24-25-14-16-26(17-15-25)31-19-18-29(36)22-28(31)23-37/h8,10,13-22,30H,3-7,9,11-12,24H2,1-2H3,(H,39,42). The van der Waals surface area contributed by atoms with Gasteiger partial charge in [-0.1, -0.05) is 86.7 Å². The predicted octanol–water partition coefficient (Wildman–Crippen LogP) is 8.61. The van der Waals surface area contributed by atoms with Gasteiger partial charge in [0.05, 0.1) is 17.3 Å². The average molecular weight is 580 g/mol. The van der Waals surface area contributed by atoms with Gasteiger partial charge in [-0.25, -0.2) is 9.78 Å². The number of aryl methyl sites for hydroxylation is 1. The molecule has 216 valence electrons. The van der Waals surface area contributed by atoms with Crippen LogP contribution in [0.3, 0.4) is 0 Å². The number of rotatable bonds is 9. The highest BCUT2D eigenvalue weighted by atomic mass is 35.5. The fraction of sp³-hybridized carbons (Fsp3) is 0.343. The maximum Gasteiger partial charge on any atom is 0.321 e. The first-order chi connectivity index (χ1) is 20.5. The molecule has 0 aliphatic heterocycles. The molecule has 1 aliphatic carbocycles. The molecule has 0 radical (unpaired) electrons. The van der Waals surface area contributed by atoms with E-state index >= 15 is 0 Å². The van der Waals surface area contributed by atoms with Gasteiger partial charge in [0.1, 0.15) is 5.82 Å². The van der Waals surface area contributed by atoms with Crippen LogP contribution in [0.1, 0.15) is 68.6 Å². The number of hydrogen-bond donors (Lipinski definition) is 1. The second-order valence-corrected chi connectivity index (χ2v) is 11.6. The number of nitrogens with one attached hydrogen (secondary N) is 1. The summed E-state index contributed by atoms with van der Waals surface area (Å²) in [6.07, 6.45) is 12.6. The molecule has 1 aromatic heterocycles. The summed E-state index contributed by atoms with van der Waals surface area (Å²) in [5.74, 6) is 0.850. The number of anilines is 1. The summed E-state index contributed by atoms with van der Waals surface area (Å²) in [6.45, 7) is 2.82. The molecule has 7 heteroatoms. The molecule has 0 bridgehead atoms. The second-order valence-electron chi connectivity index (χ2n) is 11.1. The number of unbranched alkanes of at least 4 members (excludes halogenated alkanes) is 1. The van der Waals surface area contributed by atoms with E-state index in [-0.39, 0.29) is 12.1 Å². The highest BCUT2D eigenvalue weighted by Gasteiger charge is 2.24. The van der Waals surface area contributed by atoms with Gasteiger partial charge in [0.25, 0.3) is 0 Å². The van der Waals surface area contributed by atoms with Crippen molar-refractivity contribution in [1.82, 2.24) is 14.9 Å². The summed E-state index contributed by atoms with van der Waals surface area (Å²) in [7, 11) is 1.86. The molecule has 1 fully saturated rings. The molecule has 6 nitrogen and oxygen atoms in total. The van der Waals surface area contributed by atoms with Gasteiger partial charge in [0.2, 0.25) is 0 Å². The number of nitriles is 1. The van der Waals surface area contributed by atoms with Gasteiger partial charge < -0.3 is 9.88 Å². The lowest BCUT2D eigenvalue weighted by molar-refractivity contribution is 0.239. The predicted molar refractivity (Wildman–Crippen MR) is 171 cm³/mol.